The Hall–Kier alpha value is -0.970. The first-order valence-electron chi connectivity index (χ1n) is 5.89. The first-order valence-corrected chi connectivity index (χ1v) is 6.87. The molecular formula is C12H19N3OS. The number of methoxy groups -OCH3 is 1. The van der Waals surface area contributed by atoms with Gasteiger partial charge in [-0.05, 0) is 32.4 Å². The van der Waals surface area contributed by atoms with E-state index < -0.39 is 0 Å². The Balaban J connectivity index is 2.00. The molecule has 94 valence electrons. The van der Waals surface area contributed by atoms with Gasteiger partial charge < -0.3 is 10.1 Å². The molecule has 0 spiro atoms. The number of nitrogens with zero attached hydrogens (tertiary/aromatic N) is 2. The van der Waals surface area contributed by atoms with Crippen LogP contribution < -0.4 is 10.1 Å². The average molecular weight is 253 g/mol. The third-order valence-corrected chi connectivity index (χ3v) is 4.51. The van der Waals surface area contributed by atoms with E-state index in [0.29, 0.717) is 10.6 Å². The van der Waals surface area contributed by atoms with Crippen LogP contribution >= 0.6 is 11.8 Å². The van der Waals surface area contributed by atoms with E-state index >= 15 is 0 Å². The van der Waals surface area contributed by atoms with Crippen LogP contribution in [-0.2, 0) is 0 Å². The highest BCUT2D eigenvalue weighted by Gasteiger charge is 2.29. The standard InChI is InChI=1S/C12H19N3OS/c1-9-14-10(7-11(15-9)16-3)13-8-12(2)5-4-6-17-12/h7H,4-6,8H2,1-3H3,(H,13,14,15). The van der Waals surface area contributed by atoms with Gasteiger partial charge >= 0.3 is 0 Å². The maximum absolute atomic E-state index is 5.14. The van der Waals surface area contributed by atoms with E-state index in [2.05, 4.69) is 22.2 Å². The SMILES string of the molecule is COc1cc(NCC2(C)CCCS2)nc(C)n1. The van der Waals surface area contributed by atoms with Crippen LogP contribution in [-0.4, -0.2) is 34.1 Å². The Bertz CT molecular complexity index is 391. The second-order valence-electron chi connectivity index (χ2n) is 4.60. The molecule has 0 saturated carbocycles. The average Bonchev–Trinajstić information content (AvgIpc) is 2.73. The number of aromatic nitrogens is 2. The Kier molecular flexibility index (Phi) is 3.76. The highest BCUT2D eigenvalue weighted by Crippen LogP contribution is 2.37. The molecular weight excluding hydrogens is 234 g/mol. The van der Waals surface area contributed by atoms with Crippen molar-refractivity contribution in [2.45, 2.75) is 31.4 Å². The summed E-state index contributed by atoms with van der Waals surface area (Å²) in [6.07, 6.45) is 2.58. The van der Waals surface area contributed by atoms with Crippen molar-refractivity contribution in [1.29, 1.82) is 0 Å². The van der Waals surface area contributed by atoms with Gasteiger partial charge in [0.2, 0.25) is 5.88 Å². The molecule has 0 aliphatic carbocycles. The summed E-state index contributed by atoms with van der Waals surface area (Å²) < 4.78 is 5.48. The van der Waals surface area contributed by atoms with Gasteiger partial charge in [0, 0.05) is 17.4 Å². The minimum atomic E-state index is 0.339. The van der Waals surface area contributed by atoms with Gasteiger partial charge in [-0.3, -0.25) is 0 Å². The molecule has 0 bridgehead atoms. The summed E-state index contributed by atoms with van der Waals surface area (Å²) in [7, 11) is 1.62. The monoisotopic (exact) mass is 253 g/mol. The molecule has 1 aliphatic heterocycles. The van der Waals surface area contributed by atoms with Crippen molar-refractivity contribution in [1.82, 2.24) is 9.97 Å². The van der Waals surface area contributed by atoms with Gasteiger partial charge in [-0.15, -0.1) is 0 Å². The molecule has 0 amide bonds. The zero-order valence-corrected chi connectivity index (χ0v) is 11.4. The van der Waals surface area contributed by atoms with Gasteiger partial charge in [0.25, 0.3) is 0 Å². The lowest BCUT2D eigenvalue weighted by Crippen LogP contribution is -2.27. The first-order chi connectivity index (χ1) is 8.11. The normalized spacial score (nSPS) is 23.7. The molecule has 1 saturated heterocycles. The summed E-state index contributed by atoms with van der Waals surface area (Å²) in [4.78, 5) is 8.53. The summed E-state index contributed by atoms with van der Waals surface area (Å²) in [5.74, 6) is 3.47. The Morgan fingerprint density at radius 1 is 1.53 bits per heavy atom. The van der Waals surface area contributed by atoms with Crippen molar-refractivity contribution in [3.8, 4) is 5.88 Å². The minimum Gasteiger partial charge on any atom is -0.481 e. The van der Waals surface area contributed by atoms with Crippen molar-refractivity contribution in [3.05, 3.63) is 11.9 Å². The molecule has 2 rings (SSSR count). The van der Waals surface area contributed by atoms with Gasteiger partial charge in [-0.25, -0.2) is 4.98 Å². The molecule has 0 radical (unpaired) electrons. The van der Waals surface area contributed by atoms with Crippen molar-refractivity contribution in [3.63, 3.8) is 0 Å². The molecule has 0 aromatic carbocycles. The zero-order valence-electron chi connectivity index (χ0n) is 10.6. The number of anilines is 1. The maximum Gasteiger partial charge on any atom is 0.218 e. The number of aryl methyl sites for hydroxylation is 1. The number of nitrogens with one attached hydrogen (secondary N) is 1. The first kappa shape index (κ1) is 12.5. The van der Waals surface area contributed by atoms with E-state index in [1.54, 1.807) is 7.11 Å². The van der Waals surface area contributed by atoms with Crippen LogP contribution in [0.4, 0.5) is 5.82 Å². The van der Waals surface area contributed by atoms with Crippen molar-refractivity contribution in [2.75, 3.05) is 24.7 Å². The quantitative estimate of drug-likeness (QED) is 0.893. The van der Waals surface area contributed by atoms with Crippen LogP contribution in [0, 0.1) is 6.92 Å². The molecule has 2 heterocycles. The number of thioether (sulfide) groups is 1. The van der Waals surface area contributed by atoms with Gasteiger partial charge in [0.15, 0.2) is 0 Å². The fourth-order valence-electron chi connectivity index (χ4n) is 1.99. The molecule has 1 atom stereocenters. The fraction of sp³-hybridized carbons (Fsp3) is 0.667. The summed E-state index contributed by atoms with van der Waals surface area (Å²) in [6, 6.07) is 1.84. The minimum absolute atomic E-state index is 0.339. The molecule has 1 fully saturated rings. The number of ether oxygens (including phenoxy) is 1. The van der Waals surface area contributed by atoms with Crippen LogP contribution in [0.2, 0.25) is 0 Å². The molecule has 1 unspecified atom stereocenters. The van der Waals surface area contributed by atoms with Crippen LogP contribution in [0.1, 0.15) is 25.6 Å². The molecule has 1 aromatic rings. The van der Waals surface area contributed by atoms with Crippen molar-refractivity contribution in [2.24, 2.45) is 0 Å². The van der Waals surface area contributed by atoms with Crippen molar-refractivity contribution < 1.29 is 4.74 Å². The summed E-state index contributed by atoms with van der Waals surface area (Å²) >= 11 is 2.04. The number of hydrogen-bond acceptors (Lipinski definition) is 5. The topological polar surface area (TPSA) is 47.0 Å². The lowest BCUT2D eigenvalue weighted by molar-refractivity contribution is 0.396. The molecule has 17 heavy (non-hydrogen) atoms. The van der Waals surface area contributed by atoms with Crippen LogP contribution in [0.5, 0.6) is 5.88 Å². The van der Waals surface area contributed by atoms with E-state index in [-0.39, 0.29) is 0 Å². The van der Waals surface area contributed by atoms with Gasteiger partial charge in [-0.1, -0.05) is 0 Å². The smallest absolute Gasteiger partial charge is 0.218 e. The van der Waals surface area contributed by atoms with Crippen LogP contribution in [0.25, 0.3) is 0 Å². The summed E-state index contributed by atoms with van der Waals surface area (Å²) in [6.45, 7) is 5.12. The zero-order chi connectivity index (χ0) is 12.3. The van der Waals surface area contributed by atoms with E-state index in [9.17, 15) is 0 Å². The fourth-order valence-corrected chi connectivity index (χ4v) is 3.23. The highest BCUT2D eigenvalue weighted by molar-refractivity contribution is 8.00. The summed E-state index contributed by atoms with van der Waals surface area (Å²) in [5.41, 5.74) is 0. The predicted molar refractivity (Wildman–Crippen MR) is 71.9 cm³/mol. The van der Waals surface area contributed by atoms with E-state index in [1.807, 2.05) is 24.8 Å². The second kappa shape index (κ2) is 5.12. The van der Waals surface area contributed by atoms with E-state index in [1.165, 1.54) is 18.6 Å². The molecule has 1 aromatic heterocycles. The lowest BCUT2D eigenvalue weighted by Gasteiger charge is -2.23. The largest absolute Gasteiger partial charge is 0.481 e. The van der Waals surface area contributed by atoms with E-state index in [4.69, 9.17) is 4.74 Å². The van der Waals surface area contributed by atoms with Crippen LogP contribution in [0.3, 0.4) is 0 Å². The number of hydrogen-bond donors (Lipinski definition) is 1. The Labute approximate surface area is 107 Å². The van der Waals surface area contributed by atoms with Gasteiger partial charge in [0.1, 0.15) is 11.6 Å². The molecule has 1 aliphatic rings. The second-order valence-corrected chi connectivity index (χ2v) is 6.28. The third-order valence-electron chi connectivity index (χ3n) is 2.97. The van der Waals surface area contributed by atoms with Crippen molar-refractivity contribution >= 4 is 17.6 Å². The van der Waals surface area contributed by atoms with E-state index in [0.717, 1.165) is 18.2 Å². The maximum atomic E-state index is 5.14. The Morgan fingerprint density at radius 2 is 2.35 bits per heavy atom. The summed E-state index contributed by atoms with van der Waals surface area (Å²) in [5, 5.41) is 3.39. The molecule has 1 N–H and O–H groups in total. The van der Waals surface area contributed by atoms with Gasteiger partial charge in [-0.2, -0.15) is 16.7 Å². The van der Waals surface area contributed by atoms with Crippen LogP contribution in [0.15, 0.2) is 6.07 Å². The van der Waals surface area contributed by atoms with Gasteiger partial charge in [0.05, 0.1) is 7.11 Å². The number of rotatable bonds is 4. The molecule has 4 nitrogen and oxygen atoms in total. The Morgan fingerprint density at radius 3 is 3.00 bits per heavy atom. The molecule has 5 heteroatoms. The highest BCUT2D eigenvalue weighted by atomic mass is 32.2. The lowest BCUT2D eigenvalue weighted by atomic mass is 10.1. The third kappa shape index (κ3) is 3.25. The predicted octanol–water partition coefficient (Wildman–Crippen LogP) is 2.49.